The van der Waals surface area contributed by atoms with E-state index >= 15 is 0 Å². The second-order valence-corrected chi connectivity index (χ2v) is 3.78. The van der Waals surface area contributed by atoms with Crippen LogP contribution in [0.5, 0.6) is 0 Å². The maximum Gasteiger partial charge on any atom is 0.265 e. The second-order valence-electron chi connectivity index (χ2n) is 3.78. The Labute approximate surface area is 100 Å². The van der Waals surface area contributed by atoms with Crippen LogP contribution in [0.25, 0.3) is 0 Å². The van der Waals surface area contributed by atoms with Crippen molar-refractivity contribution in [2.45, 2.75) is 32.6 Å². The highest BCUT2D eigenvalue weighted by Crippen LogP contribution is 2.08. The Morgan fingerprint density at radius 2 is 2.18 bits per heavy atom. The molecule has 1 aromatic rings. The maximum atomic E-state index is 11.8. The third kappa shape index (κ3) is 3.96. The highest BCUT2D eigenvalue weighted by molar-refractivity contribution is 5.99. The molecule has 1 aromatic heterocycles. The zero-order valence-corrected chi connectivity index (χ0v) is 9.90. The molecular formula is C12H17N3O2. The lowest BCUT2D eigenvalue weighted by Crippen LogP contribution is -2.30. The number of nitrogen functional groups attached to an aromatic ring is 1. The van der Waals surface area contributed by atoms with Crippen molar-refractivity contribution in [2.75, 3.05) is 0 Å². The molecule has 17 heavy (non-hydrogen) atoms. The van der Waals surface area contributed by atoms with Gasteiger partial charge in [-0.25, -0.2) is 5.84 Å². The van der Waals surface area contributed by atoms with Gasteiger partial charge in [0.25, 0.3) is 5.91 Å². The summed E-state index contributed by atoms with van der Waals surface area (Å²) in [5, 5.41) is 0. The number of nitrogens with one attached hydrogen (secondary N) is 1. The van der Waals surface area contributed by atoms with Gasteiger partial charge in [-0.1, -0.05) is 19.8 Å². The molecule has 0 radical (unpaired) electrons. The number of rotatable bonds is 6. The molecule has 0 aromatic carbocycles. The van der Waals surface area contributed by atoms with E-state index in [-0.39, 0.29) is 5.78 Å². The Balaban J connectivity index is 2.70. The summed E-state index contributed by atoms with van der Waals surface area (Å²) in [4.78, 5) is 27.0. The molecule has 1 rings (SSSR count). The molecule has 5 nitrogen and oxygen atoms in total. The van der Waals surface area contributed by atoms with Gasteiger partial charge in [0.1, 0.15) is 5.69 Å². The molecule has 0 unspecified atom stereocenters. The van der Waals surface area contributed by atoms with E-state index in [1.165, 1.54) is 18.3 Å². The van der Waals surface area contributed by atoms with Gasteiger partial charge >= 0.3 is 0 Å². The van der Waals surface area contributed by atoms with Crippen LogP contribution in [0, 0.1) is 0 Å². The number of amides is 1. The summed E-state index contributed by atoms with van der Waals surface area (Å²) in [7, 11) is 0. The smallest absolute Gasteiger partial charge is 0.265 e. The maximum absolute atomic E-state index is 11.8. The van der Waals surface area contributed by atoms with Crippen molar-refractivity contribution >= 4 is 11.7 Å². The first-order valence-corrected chi connectivity index (χ1v) is 5.69. The molecule has 0 fully saturated rings. The highest BCUT2D eigenvalue weighted by Gasteiger charge is 2.10. The Kier molecular flexibility index (Phi) is 5.29. The number of ketones is 1. The first-order chi connectivity index (χ1) is 8.19. The number of unbranched alkanes of at least 4 members (excludes halogenated alkanes) is 2. The first kappa shape index (κ1) is 13.3. The lowest BCUT2D eigenvalue weighted by molar-refractivity contribution is 0.0953. The fraction of sp³-hybridized carbons (Fsp3) is 0.417. The molecule has 92 valence electrons. The molecular weight excluding hydrogens is 218 g/mol. The Bertz CT molecular complexity index is 404. The van der Waals surface area contributed by atoms with Gasteiger partial charge in [-0.15, -0.1) is 0 Å². The molecule has 0 aliphatic rings. The normalized spacial score (nSPS) is 10.0. The highest BCUT2D eigenvalue weighted by atomic mass is 16.2. The van der Waals surface area contributed by atoms with Crippen LogP contribution < -0.4 is 11.3 Å². The molecule has 5 heteroatoms. The van der Waals surface area contributed by atoms with Gasteiger partial charge in [0.2, 0.25) is 0 Å². The molecule has 0 aliphatic carbocycles. The van der Waals surface area contributed by atoms with Gasteiger partial charge in [0.15, 0.2) is 5.78 Å². The van der Waals surface area contributed by atoms with Crippen molar-refractivity contribution in [1.29, 1.82) is 0 Å². The number of Topliss-reactive ketones (excluding diaryl/α,β-unsaturated/α-hetero) is 1. The first-order valence-electron chi connectivity index (χ1n) is 5.69. The predicted molar refractivity (Wildman–Crippen MR) is 64.4 cm³/mol. The van der Waals surface area contributed by atoms with E-state index in [9.17, 15) is 9.59 Å². The molecule has 0 saturated heterocycles. The minimum absolute atomic E-state index is 0.0369. The number of nitrogens with zero attached hydrogens (tertiary/aromatic N) is 1. The van der Waals surface area contributed by atoms with Crippen LogP contribution in [0.1, 0.15) is 53.5 Å². The van der Waals surface area contributed by atoms with Gasteiger partial charge < -0.3 is 0 Å². The zero-order valence-electron chi connectivity index (χ0n) is 9.90. The van der Waals surface area contributed by atoms with Crippen LogP contribution in [0.15, 0.2) is 18.3 Å². The molecule has 3 N–H and O–H groups in total. The van der Waals surface area contributed by atoms with Crippen LogP contribution >= 0.6 is 0 Å². The zero-order chi connectivity index (χ0) is 12.7. The topological polar surface area (TPSA) is 85.1 Å². The van der Waals surface area contributed by atoms with Crippen LogP contribution in [0.4, 0.5) is 0 Å². The van der Waals surface area contributed by atoms with Crippen molar-refractivity contribution in [3.63, 3.8) is 0 Å². The van der Waals surface area contributed by atoms with Crippen molar-refractivity contribution < 1.29 is 9.59 Å². The van der Waals surface area contributed by atoms with Crippen molar-refractivity contribution in [3.8, 4) is 0 Å². The van der Waals surface area contributed by atoms with Crippen LogP contribution in [-0.2, 0) is 0 Å². The Hall–Kier alpha value is -1.75. The number of nitrogens with two attached hydrogens (primary N) is 1. The van der Waals surface area contributed by atoms with Crippen molar-refractivity contribution in [2.24, 2.45) is 5.84 Å². The fourth-order valence-electron chi connectivity index (χ4n) is 1.47. The van der Waals surface area contributed by atoms with Crippen LogP contribution in [-0.4, -0.2) is 16.7 Å². The van der Waals surface area contributed by atoms with Crippen molar-refractivity contribution in [3.05, 3.63) is 29.6 Å². The summed E-state index contributed by atoms with van der Waals surface area (Å²) in [6, 6.07) is 2.99. The Morgan fingerprint density at radius 1 is 1.41 bits per heavy atom. The van der Waals surface area contributed by atoms with E-state index in [1.54, 1.807) is 0 Å². The molecule has 1 amide bonds. The SMILES string of the molecule is CCCCCC(=O)c1cc(C(=O)NN)ccn1. The van der Waals surface area contributed by atoms with Gasteiger partial charge in [-0.05, 0) is 18.6 Å². The summed E-state index contributed by atoms with van der Waals surface area (Å²) in [6.45, 7) is 2.08. The quantitative estimate of drug-likeness (QED) is 0.257. The molecule has 0 spiro atoms. The third-order valence-electron chi connectivity index (χ3n) is 2.45. The van der Waals surface area contributed by atoms with E-state index in [4.69, 9.17) is 5.84 Å². The summed E-state index contributed by atoms with van der Waals surface area (Å²) < 4.78 is 0. The molecule has 0 saturated carbocycles. The van der Waals surface area contributed by atoms with E-state index in [0.29, 0.717) is 17.7 Å². The lowest BCUT2D eigenvalue weighted by atomic mass is 10.1. The van der Waals surface area contributed by atoms with Crippen LogP contribution in [0.3, 0.4) is 0 Å². The van der Waals surface area contributed by atoms with E-state index in [2.05, 4.69) is 11.9 Å². The number of carbonyl (C=O) groups is 2. The number of aromatic nitrogens is 1. The number of carbonyl (C=O) groups excluding carboxylic acids is 2. The Morgan fingerprint density at radius 3 is 2.82 bits per heavy atom. The average molecular weight is 235 g/mol. The van der Waals surface area contributed by atoms with Gasteiger partial charge in [0, 0.05) is 18.2 Å². The predicted octanol–water partition coefficient (Wildman–Crippen LogP) is 1.45. The van der Waals surface area contributed by atoms with E-state index in [1.807, 2.05) is 5.43 Å². The largest absolute Gasteiger partial charge is 0.292 e. The standard InChI is InChI=1S/C12H17N3O2/c1-2-3-4-5-11(16)10-8-9(6-7-14-10)12(17)15-13/h6-8H,2-5,13H2,1H3,(H,15,17). The van der Waals surface area contributed by atoms with Gasteiger partial charge in [-0.2, -0.15) is 0 Å². The minimum Gasteiger partial charge on any atom is -0.292 e. The number of hydrogen-bond donors (Lipinski definition) is 2. The van der Waals surface area contributed by atoms with E-state index < -0.39 is 5.91 Å². The lowest BCUT2D eigenvalue weighted by Gasteiger charge is -2.02. The molecule has 0 atom stereocenters. The van der Waals surface area contributed by atoms with E-state index in [0.717, 1.165) is 19.3 Å². The minimum atomic E-state index is -0.421. The van der Waals surface area contributed by atoms with Crippen LogP contribution in [0.2, 0.25) is 0 Å². The monoisotopic (exact) mass is 235 g/mol. The van der Waals surface area contributed by atoms with Gasteiger partial charge in [0.05, 0.1) is 0 Å². The summed E-state index contributed by atoms with van der Waals surface area (Å²) in [6.07, 6.45) is 4.85. The fourth-order valence-corrected chi connectivity index (χ4v) is 1.47. The van der Waals surface area contributed by atoms with Crippen molar-refractivity contribution in [1.82, 2.24) is 10.4 Å². The summed E-state index contributed by atoms with van der Waals surface area (Å²) in [5.74, 6) is 4.57. The summed E-state index contributed by atoms with van der Waals surface area (Å²) in [5.41, 5.74) is 2.69. The number of pyridine rings is 1. The average Bonchev–Trinajstić information content (AvgIpc) is 2.38. The molecule has 0 aliphatic heterocycles. The molecule has 1 heterocycles. The second kappa shape index (κ2) is 6.75. The van der Waals surface area contributed by atoms with Gasteiger partial charge in [-0.3, -0.25) is 20.0 Å². The number of hydrazine groups is 1. The molecule has 0 bridgehead atoms. The number of hydrogen-bond acceptors (Lipinski definition) is 4. The summed E-state index contributed by atoms with van der Waals surface area (Å²) >= 11 is 0. The third-order valence-corrected chi connectivity index (χ3v) is 2.45.